The molecule has 1 fully saturated rings. The van der Waals surface area contributed by atoms with E-state index < -0.39 is 0 Å². The third-order valence-corrected chi connectivity index (χ3v) is 4.98. The van der Waals surface area contributed by atoms with Gasteiger partial charge in [-0.2, -0.15) is 0 Å². The van der Waals surface area contributed by atoms with Crippen LogP contribution in [0.4, 0.5) is 0 Å². The Balaban J connectivity index is 2.07. The zero-order chi connectivity index (χ0) is 13.9. The highest BCUT2D eigenvalue weighted by Gasteiger charge is 2.37. The minimum Gasteiger partial charge on any atom is -0.329 e. The molecule has 0 aliphatic heterocycles. The van der Waals surface area contributed by atoms with Crippen LogP contribution in [0.25, 0.3) is 0 Å². The van der Waals surface area contributed by atoms with Crippen LogP contribution in [0.5, 0.6) is 0 Å². The Morgan fingerprint density at radius 1 is 1.26 bits per heavy atom. The minimum absolute atomic E-state index is 0.126. The third kappa shape index (κ3) is 3.37. The number of benzene rings is 1. The summed E-state index contributed by atoms with van der Waals surface area (Å²) in [6.45, 7) is 7.71. The van der Waals surface area contributed by atoms with Crippen LogP contribution in [0.15, 0.2) is 30.3 Å². The first-order chi connectivity index (χ1) is 9.06. The Kier molecular flexibility index (Phi) is 4.64. The summed E-state index contributed by atoms with van der Waals surface area (Å²) in [6, 6.07) is 11.0. The molecule has 1 aromatic rings. The van der Waals surface area contributed by atoms with Gasteiger partial charge in [0.2, 0.25) is 0 Å². The van der Waals surface area contributed by atoms with Crippen LogP contribution in [0, 0.1) is 11.8 Å². The molecule has 2 nitrogen and oxygen atoms in total. The third-order valence-electron chi connectivity index (χ3n) is 4.98. The van der Waals surface area contributed by atoms with E-state index in [0.29, 0.717) is 6.04 Å². The van der Waals surface area contributed by atoms with Gasteiger partial charge in [0.05, 0.1) is 0 Å². The van der Waals surface area contributed by atoms with Crippen LogP contribution in [0.3, 0.4) is 0 Å². The molecule has 0 bridgehead atoms. The molecule has 4 atom stereocenters. The van der Waals surface area contributed by atoms with Crippen molar-refractivity contribution in [1.29, 1.82) is 0 Å². The van der Waals surface area contributed by atoms with Crippen LogP contribution in [0.1, 0.15) is 51.6 Å². The van der Waals surface area contributed by atoms with Gasteiger partial charge < -0.3 is 11.1 Å². The van der Waals surface area contributed by atoms with Gasteiger partial charge in [-0.05, 0) is 43.6 Å². The van der Waals surface area contributed by atoms with Crippen LogP contribution in [-0.2, 0) is 0 Å². The van der Waals surface area contributed by atoms with Crippen molar-refractivity contribution in [1.82, 2.24) is 5.32 Å². The second kappa shape index (κ2) is 6.06. The van der Waals surface area contributed by atoms with E-state index in [1.54, 1.807) is 0 Å². The summed E-state index contributed by atoms with van der Waals surface area (Å²) >= 11 is 0. The fourth-order valence-electron chi connectivity index (χ4n) is 3.37. The van der Waals surface area contributed by atoms with Crippen molar-refractivity contribution in [2.24, 2.45) is 17.6 Å². The normalized spacial score (nSPS) is 33.1. The molecule has 0 amide bonds. The average molecular weight is 260 g/mol. The molecular weight excluding hydrogens is 232 g/mol. The summed E-state index contributed by atoms with van der Waals surface area (Å²) in [5.74, 6) is 1.58. The van der Waals surface area contributed by atoms with E-state index in [-0.39, 0.29) is 5.54 Å². The molecular formula is C17H28N2. The summed E-state index contributed by atoms with van der Waals surface area (Å²) in [7, 11) is 0. The Bertz CT molecular complexity index is 390. The first-order valence-corrected chi connectivity index (χ1v) is 7.59. The molecule has 0 heterocycles. The Labute approximate surface area is 117 Å². The Morgan fingerprint density at radius 2 is 1.95 bits per heavy atom. The lowest BCUT2D eigenvalue weighted by Gasteiger charge is -2.44. The zero-order valence-electron chi connectivity index (χ0n) is 12.5. The van der Waals surface area contributed by atoms with E-state index >= 15 is 0 Å². The van der Waals surface area contributed by atoms with Gasteiger partial charge in [0.25, 0.3) is 0 Å². The van der Waals surface area contributed by atoms with Crippen molar-refractivity contribution in [2.45, 2.75) is 51.6 Å². The first kappa shape index (κ1) is 14.5. The molecule has 106 valence electrons. The highest BCUT2D eigenvalue weighted by molar-refractivity contribution is 5.19. The van der Waals surface area contributed by atoms with Crippen LogP contribution in [0.2, 0.25) is 0 Å². The topological polar surface area (TPSA) is 38.0 Å². The molecule has 1 aliphatic carbocycles. The zero-order valence-corrected chi connectivity index (χ0v) is 12.5. The summed E-state index contributed by atoms with van der Waals surface area (Å²) < 4.78 is 0. The van der Waals surface area contributed by atoms with Crippen molar-refractivity contribution >= 4 is 0 Å². The van der Waals surface area contributed by atoms with E-state index in [9.17, 15) is 0 Å². The molecule has 1 saturated carbocycles. The van der Waals surface area contributed by atoms with Crippen molar-refractivity contribution in [3.63, 3.8) is 0 Å². The smallest absolute Gasteiger partial charge is 0.0312 e. The molecule has 3 N–H and O–H groups in total. The molecule has 0 spiro atoms. The largest absolute Gasteiger partial charge is 0.329 e. The van der Waals surface area contributed by atoms with E-state index in [4.69, 9.17) is 5.73 Å². The van der Waals surface area contributed by atoms with Crippen LogP contribution in [-0.4, -0.2) is 12.1 Å². The molecule has 0 aromatic heterocycles. The van der Waals surface area contributed by atoms with E-state index in [0.717, 1.165) is 18.4 Å². The SMILES string of the molecule is CC(NC1(CN)CCC(C)C(C)C1)c1ccccc1. The number of hydrogen-bond acceptors (Lipinski definition) is 2. The highest BCUT2D eigenvalue weighted by Crippen LogP contribution is 2.37. The van der Waals surface area contributed by atoms with Gasteiger partial charge >= 0.3 is 0 Å². The quantitative estimate of drug-likeness (QED) is 0.869. The van der Waals surface area contributed by atoms with Gasteiger partial charge in [0.1, 0.15) is 0 Å². The van der Waals surface area contributed by atoms with E-state index in [1.165, 1.54) is 24.8 Å². The molecule has 1 aliphatic rings. The van der Waals surface area contributed by atoms with Crippen molar-refractivity contribution in [3.8, 4) is 0 Å². The number of rotatable bonds is 4. The van der Waals surface area contributed by atoms with E-state index in [2.05, 4.69) is 56.4 Å². The summed E-state index contributed by atoms with van der Waals surface area (Å²) in [4.78, 5) is 0. The summed E-state index contributed by atoms with van der Waals surface area (Å²) in [5, 5.41) is 3.82. The minimum atomic E-state index is 0.126. The molecule has 2 heteroatoms. The summed E-state index contributed by atoms with van der Waals surface area (Å²) in [5.41, 5.74) is 7.58. The summed E-state index contributed by atoms with van der Waals surface area (Å²) in [6.07, 6.45) is 3.68. The second-order valence-corrected chi connectivity index (χ2v) is 6.46. The molecule has 0 radical (unpaired) electrons. The lowest BCUT2D eigenvalue weighted by Crippen LogP contribution is -2.55. The standard InChI is InChI=1S/C17H28N2/c1-13-9-10-17(12-18,11-14(13)2)19-15(3)16-7-5-4-6-8-16/h4-8,13-15,19H,9-12,18H2,1-3H3. The maximum absolute atomic E-state index is 6.11. The Morgan fingerprint density at radius 3 is 2.53 bits per heavy atom. The van der Waals surface area contributed by atoms with Crippen molar-refractivity contribution in [3.05, 3.63) is 35.9 Å². The second-order valence-electron chi connectivity index (χ2n) is 6.46. The molecule has 0 saturated heterocycles. The van der Waals surface area contributed by atoms with E-state index in [1.807, 2.05) is 0 Å². The number of hydrogen-bond donors (Lipinski definition) is 2. The lowest BCUT2D eigenvalue weighted by molar-refractivity contribution is 0.136. The number of nitrogens with one attached hydrogen (secondary N) is 1. The predicted molar refractivity (Wildman–Crippen MR) is 82.0 cm³/mol. The molecule has 1 aromatic carbocycles. The number of nitrogens with two attached hydrogens (primary N) is 1. The van der Waals surface area contributed by atoms with Gasteiger partial charge in [-0.15, -0.1) is 0 Å². The average Bonchev–Trinajstić information content (AvgIpc) is 2.44. The highest BCUT2D eigenvalue weighted by atomic mass is 15.0. The maximum Gasteiger partial charge on any atom is 0.0312 e. The molecule has 19 heavy (non-hydrogen) atoms. The van der Waals surface area contributed by atoms with Crippen LogP contribution >= 0.6 is 0 Å². The maximum atomic E-state index is 6.11. The molecule has 4 unspecified atom stereocenters. The predicted octanol–water partition coefficient (Wildman–Crippen LogP) is 3.49. The van der Waals surface area contributed by atoms with Crippen molar-refractivity contribution in [2.75, 3.05) is 6.54 Å². The molecule has 2 rings (SSSR count). The van der Waals surface area contributed by atoms with Crippen LogP contribution < -0.4 is 11.1 Å². The monoisotopic (exact) mass is 260 g/mol. The van der Waals surface area contributed by atoms with Gasteiger partial charge in [0, 0.05) is 18.1 Å². The lowest BCUT2D eigenvalue weighted by atomic mass is 9.71. The van der Waals surface area contributed by atoms with Gasteiger partial charge in [0.15, 0.2) is 0 Å². The van der Waals surface area contributed by atoms with Gasteiger partial charge in [-0.1, -0.05) is 44.2 Å². The fourth-order valence-corrected chi connectivity index (χ4v) is 3.37. The fraction of sp³-hybridized carbons (Fsp3) is 0.647. The van der Waals surface area contributed by atoms with Crippen molar-refractivity contribution < 1.29 is 0 Å². The van der Waals surface area contributed by atoms with Gasteiger partial charge in [-0.3, -0.25) is 0 Å². The first-order valence-electron chi connectivity index (χ1n) is 7.59. The van der Waals surface area contributed by atoms with Gasteiger partial charge in [-0.25, -0.2) is 0 Å². The Hall–Kier alpha value is -0.860.